The molecule has 2 N–H and O–H groups in total. The number of benzene rings is 3. The average molecular weight is 545 g/mol. The van der Waals surface area contributed by atoms with Crippen LogP contribution in [0.3, 0.4) is 0 Å². The van der Waals surface area contributed by atoms with E-state index in [0.717, 1.165) is 51.7 Å². The minimum atomic E-state index is -0.324. The summed E-state index contributed by atoms with van der Waals surface area (Å²) in [7, 11) is 0. The third-order valence-electron chi connectivity index (χ3n) is 6.54. The molecule has 0 spiro atoms. The summed E-state index contributed by atoms with van der Waals surface area (Å²) >= 11 is 2.85. The molecule has 2 heterocycles. The quantitative estimate of drug-likeness (QED) is 0.273. The second kappa shape index (κ2) is 11.4. The van der Waals surface area contributed by atoms with Crippen molar-refractivity contribution in [3.8, 4) is 0 Å². The summed E-state index contributed by atoms with van der Waals surface area (Å²) in [4.78, 5) is 44.9. The number of thioether (sulfide) groups is 1. The SMILES string of the molecule is Cc1ccc(NC(=O)CSc2nc3ccc(NC(=O)c4ccccc4C(=O)N4CCCC4)cc3s2)cc1C. The predicted octanol–water partition coefficient (Wildman–Crippen LogP) is 6.13. The molecule has 3 aromatic carbocycles. The Kier molecular flexibility index (Phi) is 7.76. The normalized spacial score (nSPS) is 13.1. The van der Waals surface area contributed by atoms with E-state index in [9.17, 15) is 14.4 Å². The Morgan fingerprint density at radius 1 is 0.895 bits per heavy atom. The number of nitrogens with one attached hydrogen (secondary N) is 2. The maximum Gasteiger partial charge on any atom is 0.256 e. The zero-order valence-electron chi connectivity index (χ0n) is 21.2. The van der Waals surface area contributed by atoms with Crippen molar-refractivity contribution < 1.29 is 14.4 Å². The molecule has 1 fully saturated rings. The minimum Gasteiger partial charge on any atom is -0.339 e. The van der Waals surface area contributed by atoms with Crippen molar-refractivity contribution in [2.45, 2.75) is 31.0 Å². The van der Waals surface area contributed by atoms with E-state index in [-0.39, 0.29) is 23.5 Å². The lowest BCUT2D eigenvalue weighted by Gasteiger charge is -2.17. The Labute approximate surface area is 229 Å². The first-order valence-corrected chi connectivity index (χ1v) is 14.3. The van der Waals surface area contributed by atoms with Gasteiger partial charge in [0.25, 0.3) is 11.8 Å². The molecule has 1 aliphatic rings. The van der Waals surface area contributed by atoms with Gasteiger partial charge in [0.1, 0.15) is 0 Å². The summed E-state index contributed by atoms with van der Waals surface area (Å²) in [6.07, 6.45) is 1.98. The number of thiazole rings is 1. The first-order valence-electron chi connectivity index (χ1n) is 12.5. The number of anilines is 2. The van der Waals surface area contributed by atoms with Crippen LogP contribution in [0, 0.1) is 13.8 Å². The zero-order valence-corrected chi connectivity index (χ0v) is 22.9. The van der Waals surface area contributed by atoms with Crippen molar-refractivity contribution in [3.05, 3.63) is 82.9 Å². The molecule has 0 unspecified atom stereocenters. The summed E-state index contributed by atoms with van der Waals surface area (Å²) in [5.41, 5.74) is 5.30. The van der Waals surface area contributed by atoms with Crippen molar-refractivity contribution in [2.75, 3.05) is 29.5 Å². The lowest BCUT2D eigenvalue weighted by molar-refractivity contribution is -0.113. The molecule has 1 saturated heterocycles. The van der Waals surface area contributed by atoms with Crippen LogP contribution >= 0.6 is 23.1 Å². The van der Waals surface area contributed by atoms with Crippen molar-refractivity contribution in [3.63, 3.8) is 0 Å². The van der Waals surface area contributed by atoms with Crippen LogP contribution in [0.4, 0.5) is 11.4 Å². The van der Waals surface area contributed by atoms with Gasteiger partial charge in [-0.25, -0.2) is 4.98 Å². The van der Waals surface area contributed by atoms with Crippen LogP contribution in [0.5, 0.6) is 0 Å². The van der Waals surface area contributed by atoms with E-state index in [0.29, 0.717) is 16.8 Å². The van der Waals surface area contributed by atoms with Gasteiger partial charge >= 0.3 is 0 Å². The number of aryl methyl sites for hydroxylation is 2. The largest absolute Gasteiger partial charge is 0.339 e. The maximum absolute atomic E-state index is 13.1. The van der Waals surface area contributed by atoms with Gasteiger partial charge in [-0.1, -0.05) is 30.0 Å². The molecule has 194 valence electrons. The molecule has 1 aromatic heterocycles. The molecule has 7 nitrogen and oxygen atoms in total. The zero-order chi connectivity index (χ0) is 26.6. The summed E-state index contributed by atoms with van der Waals surface area (Å²) in [5.74, 6) is -0.269. The van der Waals surface area contributed by atoms with Gasteiger partial charge in [-0.3, -0.25) is 14.4 Å². The standard InChI is InChI=1S/C29H28N4O3S2/c1-18-9-10-20(15-19(18)2)30-26(34)17-37-29-32-24-12-11-21(16-25(24)38-29)31-27(35)22-7-3-4-8-23(22)28(36)33-13-5-6-14-33/h3-4,7-12,15-16H,5-6,13-14,17H2,1-2H3,(H,30,34)(H,31,35). The summed E-state index contributed by atoms with van der Waals surface area (Å²) in [6, 6.07) is 18.3. The smallest absolute Gasteiger partial charge is 0.256 e. The third kappa shape index (κ3) is 5.89. The maximum atomic E-state index is 13.1. The number of carbonyl (C=O) groups is 3. The van der Waals surface area contributed by atoms with Crippen LogP contribution < -0.4 is 10.6 Å². The first kappa shape index (κ1) is 25.9. The number of fused-ring (bicyclic) bond motifs is 1. The Hall–Kier alpha value is -3.69. The molecule has 0 radical (unpaired) electrons. The molecule has 4 aromatic rings. The van der Waals surface area contributed by atoms with Gasteiger partial charge < -0.3 is 15.5 Å². The number of amides is 3. The number of carbonyl (C=O) groups excluding carboxylic acids is 3. The number of hydrogen-bond donors (Lipinski definition) is 2. The highest BCUT2D eigenvalue weighted by Gasteiger charge is 2.24. The van der Waals surface area contributed by atoms with Crippen LogP contribution in [0.15, 0.2) is 65.0 Å². The topological polar surface area (TPSA) is 91.4 Å². The molecule has 0 saturated carbocycles. The average Bonchev–Trinajstić information content (AvgIpc) is 3.59. The van der Waals surface area contributed by atoms with Crippen LogP contribution in [0.2, 0.25) is 0 Å². The van der Waals surface area contributed by atoms with E-state index in [1.807, 2.05) is 44.2 Å². The molecular formula is C29H28N4O3S2. The molecule has 5 rings (SSSR count). The van der Waals surface area contributed by atoms with Crippen LogP contribution in [-0.4, -0.2) is 46.4 Å². The first-order chi connectivity index (χ1) is 18.4. The minimum absolute atomic E-state index is 0.0902. The number of aromatic nitrogens is 1. The second-order valence-corrected chi connectivity index (χ2v) is 11.6. The second-order valence-electron chi connectivity index (χ2n) is 9.30. The predicted molar refractivity (Wildman–Crippen MR) is 154 cm³/mol. The lowest BCUT2D eigenvalue weighted by Crippen LogP contribution is -2.29. The molecule has 0 atom stereocenters. The van der Waals surface area contributed by atoms with Gasteiger partial charge in [0, 0.05) is 24.5 Å². The molecule has 38 heavy (non-hydrogen) atoms. The molecule has 0 bridgehead atoms. The number of nitrogens with zero attached hydrogens (tertiary/aromatic N) is 2. The van der Waals surface area contributed by atoms with Crippen LogP contribution in [0.1, 0.15) is 44.7 Å². The highest BCUT2D eigenvalue weighted by molar-refractivity contribution is 8.01. The Morgan fingerprint density at radius 2 is 1.61 bits per heavy atom. The van der Waals surface area contributed by atoms with E-state index in [1.54, 1.807) is 35.2 Å². The number of likely N-dealkylation sites (tertiary alicyclic amines) is 1. The van der Waals surface area contributed by atoms with Gasteiger partial charge in [0.15, 0.2) is 4.34 Å². The Bertz CT molecular complexity index is 1530. The monoisotopic (exact) mass is 544 g/mol. The van der Waals surface area contributed by atoms with Crippen molar-refractivity contribution in [1.82, 2.24) is 9.88 Å². The summed E-state index contributed by atoms with van der Waals surface area (Å²) < 4.78 is 1.68. The summed E-state index contributed by atoms with van der Waals surface area (Å²) in [6.45, 7) is 5.51. The highest BCUT2D eigenvalue weighted by atomic mass is 32.2. The van der Waals surface area contributed by atoms with Crippen LogP contribution in [-0.2, 0) is 4.79 Å². The fraction of sp³-hybridized carbons (Fsp3) is 0.241. The van der Waals surface area contributed by atoms with E-state index in [2.05, 4.69) is 15.6 Å². The van der Waals surface area contributed by atoms with Crippen molar-refractivity contribution >= 4 is 62.4 Å². The third-order valence-corrected chi connectivity index (χ3v) is 8.70. The molecular weight excluding hydrogens is 516 g/mol. The van der Waals surface area contributed by atoms with Gasteiger partial charge in [0.2, 0.25) is 5.91 Å². The van der Waals surface area contributed by atoms with E-state index in [4.69, 9.17) is 0 Å². The van der Waals surface area contributed by atoms with Gasteiger partial charge in [-0.15, -0.1) is 11.3 Å². The fourth-order valence-corrected chi connectivity index (χ4v) is 6.25. The van der Waals surface area contributed by atoms with Gasteiger partial charge in [-0.2, -0.15) is 0 Å². The molecule has 0 aliphatic carbocycles. The highest BCUT2D eigenvalue weighted by Crippen LogP contribution is 2.31. The van der Waals surface area contributed by atoms with E-state index < -0.39 is 0 Å². The number of hydrogen-bond acceptors (Lipinski definition) is 6. The molecule has 1 aliphatic heterocycles. The fourth-order valence-electron chi connectivity index (χ4n) is 4.34. The van der Waals surface area contributed by atoms with Crippen molar-refractivity contribution in [1.29, 1.82) is 0 Å². The van der Waals surface area contributed by atoms with E-state index >= 15 is 0 Å². The lowest BCUT2D eigenvalue weighted by atomic mass is 10.1. The van der Waals surface area contributed by atoms with E-state index in [1.165, 1.54) is 28.7 Å². The Morgan fingerprint density at radius 3 is 2.37 bits per heavy atom. The van der Waals surface area contributed by atoms with Crippen LogP contribution in [0.25, 0.3) is 10.2 Å². The van der Waals surface area contributed by atoms with Gasteiger partial charge in [-0.05, 0) is 80.3 Å². The van der Waals surface area contributed by atoms with Gasteiger partial charge in [0.05, 0.1) is 27.1 Å². The molecule has 3 amide bonds. The number of rotatable bonds is 7. The Balaban J connectivity index is 1.23. The summed E-state index contributed by atoms with van der Waals surface area (Å²) in [5, 5.41) is 5.86. The van der Waals surface area contributed by atoms with Crippen molar-refractivity contribution in [2.24, 2.45) is 0 Å². The molecule has 9 heteroatoms.